The summed E-state index contributed by atoms with van der Waals surface area (Å²) in [4.78, 5) is 0. The fraction of sp³-hybridized carbons (Fsp3) is 0.333. The zero-order valence-corrected chi connectivity index (χ0v) is 12.6. The van der Waals surface area contributed by atoms with Crippen molar-refractivity contribution in [2.24, 2.45) is 0 Å². The third-order valence-corrected chi connectivity index (χ3v) is 4.50. The van der Waals surface area contributed by atoms with Crippen molar-refractivity contribution in [3.63, 3.8) is 0 Å². The first-order valence-corrected chi connectivity index (χ1v) is 7.89. The molecule has 1 N–H and O–H groups in total. The van der Waals surface area contributed by atoms with Crippen molar-refractivity contribution in [1.82, 2.24) is 5.32 Å². The molecular weight excluding hydrogens is 282 g/mol. The lowest BCUT2D eigenvalue weighted by molar-refractivity contribution is 0.134. The highest BCUT2D eigenvalue weighted by atomic mass is 35.5. The van der Waals surface area contributed by atoms with Gasteiger partial charge in [-0.15, -0.1) is 0 Å². The first kappa shape index (κ1) is 13.3. The van der Waals surface area contributed by atoms with Crippen LogP contribution in [0.15, 0.2) is 36.4 Å². The molecule has 0 aromatic heterocycles. The maximum absolute atomic E-state index is 6.21. The Balaban J connectivity index is 1.69. The Morgan fingerprint density at radius 1 is 1.05 bits per heavy atom. The van der Waals surface area contributed by atoms with Gasteiger partial charge < -0.3 is 10.1 Å². The minimum absolute atomic E-state index is 0.710. The van der Waals surface area contributed by atoms with Crippen molar-refractivity contribution in [2.45, 2.75) is 38.6 Å². The molecule has 0 spiro atoms. The summed E-state index contributed by atoms with van der Waals surface area (Å²) in [5.41, 5.74) is 6.37. The van der Waals surface area contributed by atoms with E-state index in [1.807, 2.05) is 6.07 Å². The Hall–Kier alpha value is -1.35. The molecule has 3 heteroatoms. The summed E-state index contributed by atoms with van der Waals surface area (Å²) in [6.45, 7) is 2.37. The van der Waals surface area contributed by atoms with Crippen molar-refractivity contribution in [3.05, 3.63) is 58.1 Å². The van der Waals surface area contributed by atoms with Gasteiger partial charge in [-0.25, -0.2) is 0 Å². The van der Waals surface area contributed by atoms with Gasteiger partial charge in [0.05, 0.1) is 13.2 Å². The van der Waals surface area contributed by atoms with E-state index in [-0.39, 0.29) is 0 Å². The molecule has 1 aliphatic carbocycles. The minimum Gasteiger partial charge on any atom is -0.372 e. The Morgan fingerprint density at radius 3 is 2.76 bits per heavy atom. The zero-order chi connectivity index (χ0) is 14.2. The van der Waals surface area contributed by atoms with E-state index in [4.69, 9.17) is 16.3 Å². The first-order chi connectivity index (χ1) is 10.3. The highest BCUT2D eigenvalue weighted by Gasteiger charge is 2.21. The van der Waals surface area contributed by atoms with Gasteiger partial charge in [0, 0.05) is 17.6 Å². The number of nitrogens with one attached hydrogen (secondary N) is 1. The topological polar surface area (TPSA) is 21.3 Å². The Morgan fingerprint density at radius 2 is 1.90 bits per heavy atom. The number of hydrogen-bond acceptors (Lipinski definition) is 2. The summed E-state index contributed by atoms with van der Waals surface area (Å²) < 4.78 is 5.51. The highest BCUT2D eigenvalue weighted by molar-refractivity contribution is 6.30. The molecule has 2 aliphatic rings. The maximum Gasteiger partial charge on any atom is 0.0725 e. The monoisotopic (exact) mass is 299 g/mol. The van der Waals surface area contributed by atoms with E-state index in [2.05, 4.69) is 35.6 Å². The summed E-state index contributed by atoms with van der Waals surface area (Å²) in [6.07, 6.45) is 2.61. The summed E-state index contributed by atoms with van der Waals surface area (Å²) in [5.74, 6) is 0. The van der Waals surface area contributed by atoms with Gasteiger partial charge in [0.15, 0.2) is 0 Å². The van der Waals surface area contributed by atoms with Gasteiger partial charge in [-0.1, -0.05) is 29.8 Å². The number of halogens is 1. The lowest BCUT2D eigenvalue weighted by Gasteiger charge is -2.12. The quantitative estimate of drug-likeness (QED) is 0.909. The molecule has 0 radical (unpaired) electrons. The van der Waals surface area contributed by atoms with E-state index in [1.165, 1.54) is 40.7 Å². The van der Waals surface area contributed by atoms with Crippen LogP contribution in [0.4, 0.5) is 0 Å². The molecule has 4 rings (SSSR count). The molecule has 21 heavy (non-hydrogen) atoms. The predicted octanol–water partition coefficient (Wildman–Crippen LogP) is 4.29. The van der Waals surface area contributed by atoms with Gasteiger partial charge in [-0.05, 0) is 58.9 Å². The van der Waals surface area contributed by atoms with E-state index in [9.17, 15) is 0 Å². The molecule has 2 nitrogen and oxygen atoms in total. The largest absolute Gasteiger partial charge is 0.372 e. The standard InChI is InChI=1S/C18H18ClNO/c19-16-4-3-13(9-20-17-5-6-17)18(8-16)12-1-2-14-10-21-11-15(14)7-12/h1-4,7-8,17,20H,5-6,9-11H2. The van der Waals surface area contributed by atoms with Crippen LogP contribution in [-0.2, 0) is 24.5 Å². The molecule has 0 amide bonds. The summed E-state index contributed by atoms with van der Waals surface area (Å²) >= 11 is 6.21. The highest BCUT2D eigenvalue weighted by Crippen LogP contribution is 2.31. The Kier molecular flexibility index (Phi) is 3.46. The van der Waals surface area contributed by atoms with Crippen LogP contribution in [0.2, 0.25) is 5.02 Å². The molecule has 0 unspecified atom stereocenters. The van der Waals surface area contributed by atoms with Gasteiger partial charge in [0.2, 0.25) is 0 Å². The maximum atomic E-state index is 6.21. The molecule has 0 saturated heterocycles. The van der Waals surface area contributed by atoms with Crippen molar-refractivity contribution in [2.75, 3.05) is 0 Å². The van der Waals surface area contributed by atoms with Crippen LogP contribution < -0.4 is 5.32 Å². The number of rotatable bonds is 4. The average Bonchev–Trinajstić information content (AvgIpc) is 3.21. The number of hydrogen-bond donors (Lipinski definition) is 1. The molecule has 1 fully saturated rings. The van der Waals surface area contributed by atoms with Gasteiger partial charge in [0.25, 0.3) is 0 Å². The molecule has 2 aromatic rings. The minimum atomic E-state index is 0.710. The van der Waals surface area contributed by atoms with Crippen LogP contribution in [0.3, 0.4) is 0 Å². The van der Waals surface area contributed by atoms with Crippen LogP contribution in [0.5, 0.6) is 0 Å². The fourth-order valence-electron chi connectivity index (χ4n) is 2.85. The number of benzene rings is 2. The van der Waals surface area contributed by atoms with Gasteiger partial charge in [0.1, 0.15) is 0 Å². The van der Waals surface area contributed by atoms with Gasteiger partial charge in [-0.3, -0.25) is 0 Å². The fourth-order valence-corrected chi connectivity index (χ4v) is 3.02. The van der Waals surface area contributed by atoms with Crippen LogP contribution in [0.25, 0.3) is 11.1 Å². The second-order valence-electron chi connectivity index (χ2n) is 5.93. The van der Waals surface area contributed by atoms with Crippen molar-refractivity contribution < 1.29 is 4.74 Å². The second-order valence-corrected chi connectivity index (χ2v) is 6.37. The average molecular weight is 300 g/mol. The number of ether oxygens (including phenoxy) is 1. The van der Waals surface area contributed by atoms with E-state index in [0.717, 1.165) is 24.8 Å². The predicted molar refractivity (Wildman–Crippen MR) is 85.2 cm³/mol. The van der Waals surface area contributed by atoms with E-state index < -0.39 is 0 Å². The summed E-state index contributed by atoms with van der Waals surface area (Å²) in [6, 6.07) is 13.5. The van der Waals surface area contributed by atoms with E-state index >= 15 is 0 Å². The molecular formula is C18H18ClNO. The smallest absolute Gasteiger partial charge is 0.0725 e. The van der Waals surface area contributed by atoms with Gasteiger partial charge >= 0.3 is 0 Å². The molecule has 1 aliphatic heterocycles. The van der Waals surface area contributed by atoms with Crippen molar-refractivity contribution in [3.8, 4) is 11.1 Å². The molecule has 0 atom stereocenters. The van der Waals surface area contributed by atoms with Crippen LogP contribution in [-0.4, -0.2) is 6.04 Å². The SMILES string of the molecule is Clc1ccc(CNC2CC2)c(-c2ccc3c(c2)COC3)c1. The molecule has 1 saturated carbocycles. The van der Waals surface area contributed by atoms with Crippen molar-refractivity contribution in [1.29, 1.82) is 0 Å². The van der Waals surface area contributed by atoms with Crippen LogP contribution in [0.1, 0.15) is 29.5 Å². The van der Waals surface area contributed by atoms with Crippen LogP contribution >= 0.6 is 11.6 Å². The van der Waals surface area contributed by atoms with Crippen molar-refractivity contribution >= 4 is 11.6 Å². The first-order valence-electron chi connectivity index (χ1n) is 7.51. The lowest BCUT2D eigenvalue weighted by atomic mass is 9.96. The Labute approximate surface area is 130 Å². The molecule has 0 bridgehead atoms. The second kappa shape index (κ2) is 5.45. The van der Waals surface area contributed by atoms with E-state index in [0.29, 0.717) is 6.04 Å². The Bertz CT molecular complexity index is 679. The van der Waals surface area contributed by atoms with Crippen LogP contribution in [0, 0.1) is 0 Å². The third-order valence-electron chi connectivity index (χ3n) is 4.26. The number of fused-ring (bicyclic) bond motifs is 1. The molecule has 1 heterocycles. The third kappa shape index (κ3) is 2.84. The van der Waals surface area contributed by atoms with E-state index in [1.54, 1.807) is 0 Å². The summed E-state index contributed by atoms with van der Waals surface area (Å²) in [7, 11) is 0. The molecule has 2 aromatic carbocycles. The normalized spacial score (nSPS) is 17.0. The lowest BCUT2D eigenvalue weighted by Crippen LogP contribution is -2.15. The molecule has 108 valence electrons. The summed E-state index contributed by atoms with van der Waals surface area (Å²) in [5, 5.41) is 4.38. The zero-order valence-electron chi connectivity index (χ0n) is 11.9. The van der Waals surface area contributed by atoms with Gasteiger partial charge in [-0.2, -0.15) is 0 Å².